The molecule has 0 bridgehead atoms. The lowest BCUT2D eigenvalue weighted by molar-refractivity contribution is 0.509. The number of rotatable bonds is 6. The number of para-hydroxylation sites is 1. The second kappa shape index (κ2) is 6.76. The molecule has 0 radical (unpaired) electrons. The largest absolute Gasteiger partial charge is 0.327 e. The molecule has 2 rings (SSSR count). The summed E-state index contributed by atoms with van der Waals surface area (Å²) in [6, 6.07) is 7.92. The van der Waals surface area contributed by atoms with Gasteiger partial charge in [0.05, 0.1) is 17.0 Å². The van der Waals surface area contributed by atoms with E-state index in [0.29, 0.717) is 11.4 Å². The van der Waals surface area contributed by atoms with Gasteiger partial charge in [-0.25, -0.2) is 4.98 Å². The molecule has 3 nitrogen and oxygen atoms in total. The monoisotopic (exact) mass is 289 g/mol. The minimum atomic E-state index is 0.379. The Hall–Kier alpha value is -1.53. The maximum absolute atomic E-state index is 9.15. The van der Waals surface area contributed by atoms with Gasteiger partial charge in [0, 0.05) is 6.54 Å². The highest BCUT2D eigenvalue weighted by atomic mass is 35.5. The van der Waals surface area contributed by atoms with Gasteiger partial charge in [-0.05, 0) is 24.5 Å². The van der Waals surface area contributed by atoms with Crippen LogP contribution in [0.2, 0.25) is 0 Å². The quantitative estimate of drug-likeness (QED) is 0.581. The van der Waals surface area contributed by atoms with Crippen LogP contribution < -0.4 is 0 Å². The average molecular weight is 290 g/mol. The Morgan fingerprint density at radius 1 is 1.35 bits per heavy atom. The second-order valence-electron chi connectivity index (χ2n) is 5.49. The molecule has 20 heavy (non-hydrogen) atoms. The Morgan fingerprint density at radius 2 is 2.15 bits per heavy atom. The molecule has 0 aliphatic carbocycles. The second-order valence-corrected chi connectivity index (χ2v) is 5.76. The average Bonchev–Trinajstić information content (AvgIpc) is 2.81. The molecule has 0 unspecified atom stereocenters. The highest BCUT2D eigenvalue weighted by Gasteiger charge is 2.12. The molecule has 1 heterocycles. The van der Waals surface area contributed by atoms with Crippen molar-refractivity contribution in [3.05, 3.63) is 29.6 Å². The van der Waals surface area contributed by atoms with Crippen molar-refractivity contribution in [3.8, 4) is 6.07 Å². The van der Waals surface area contributed by atoms with Gasteiger partial charge in [-0.3, -0.25) is 0 Å². The number of aryl methyl sites for hydroxylation is 1. The maximum atomic E-state index is 9.15. The van der Waals surface area contributed by atoms with Crippen molar-refractivity contribution < 1.29 is 0 Å². The van der Waals surface area contributed by atoms with E-state index >= 15 is 0 Å². The van der Waals surface area contributed by atoms with Crippen LogP contribution in [0.1, 0.15) is 44.5 Å². The maximum Gasteiger partial charge on any atom is 0.124 e. The highest BCUT2D eigenvalue weighted by Crippen LogP contribution is 2.22. The third-order valence-corrected chi connectivity index (χ3v) is 3.75. The van der Waals surface area contributed by atoms with Crippen LogP contribution in [0.4, 0.5) is 0 Å². The van der Waals surface area contributed by atoms with E-state index in [2.05, 4.69) is 29.5 Å². The summed E-state index contributed by atoms with van der Waals surface area (Å²) < 4.78 is 2.16. The fourth-order valence-corrected chi connectivity index (χ4v) is 2.66. The minimum absolute atomic E-state index is 0.379. The number of fused-ring (bicyclic) bond motifs is 1. The molecule has 0 spiro atoms. The molecule has 0 fully saturated rings. The zero-order chi connectivity index (χ0) is 14.5. The van der Waals surface area contributed by atoms with Crippen molar-refractivity contribution >= 4 is 22.6 Å². The summed E-state index contributed by atoms with van der Waals surface area (Å²) in [6.07, 6.45) is 3.56. The Balaban J connectivity index is 2.25. The summed E-state index contributed by atoms with van der Waals surface area (Å²) in [7, 11) is 0. The van der Waals surface area contributed by atoms with Crippen molar-refractivity contribution in [2.75, 3.05) is 0 Å². The standard InChI is InChI=1S/C16H20ClN3/c1-12(2)6-3-4-9-20-14-8-5-7-13(11-18)16(14)19-15(20)10-17/h5,7-8,12H,3-4,6,9-10H2,1-2H3. The number of benzene rings is 1. The van der Waals surface area contributed by atoms with Crippen molar-refractivity contribution in [3.63, 3.8) is 0 Å². The number of halogens is 1. The highest BCUT2D eigenvalue weighted by molar-refractivity contribution is 6.16. The van der Waals surface area contributed by atoms with E-state index < -0.39 is 0 Å². The van der Waals surface area contributed by atoms with Gasteiger partial charge in [-0.1, -0.05) is 32.8 Å². The van der Waals surface area contributed by atoms with Crippen molar-refractivity contribution in [2.45, 2.75) is 45.5 Å². The molecule has 2 aromatic rings. The van der Waals surface area contributed by atoms with Gasteiger partial charge in [-0.2, -0.15) is 5.26 Å². The first-order chi connectivity index (χ1) is 9.67. The predicted octanol–water partition coefficient (Wildman–Crippen LogP) is 4.47. The van der Waals surface area contributed by atoms with E-state index in [1.807, 2.05) is 12.1 Å². The first-order valence-electron chi connectivity index (χ1n) is 7.11. The summed E-state index contributed by atoms with van der Waals surface area (Å²) in [5.74, 6) is 1.98. The lowest BCUT2D eigenvalue weighted by atomic mass is 10.1. The Kier molecular flexibility index (Phi) is 5.03. The third kappa shape index (κ3) is 3.13. The van der Waals surface area contributed by atoms with E-state index in [4.69, 9.17) is 16.9 Å². The van der Waals surface area contributed by atoms with E-state index in [1.165, 1.54) is 12.8 Å². The Bertz CT molecular complexity index is 622. The minimum Gasteiger partial charge on any atom is -0.327 e. The number of aromatic nitrogens is 2. The number of unbranched alkanes of at least 4 members (excludes halogenated alkanes) is 1. The van der Waals surface area contributed by atoms with Gasteiger partial charge in [0.15, 0.2) is 0 Å². The van der Waals surface area contributed by atoms with Gasteiger partial charge in [0.2, 0.25) is 0 Å². The van der Waals surface area contributed by atoms with Crippen LogP contribution in [-0.2, 0) is 12.4 Å². The summed E-state index contributed by atoms with van der Waals surface area (Å²) in [5.41, 5.74) is 2.41. The van der Waals surface area contributed by atoms with Crippen molar-refractivity contribution in [1.29, 1.82) is 5.26 Å². The van der Waals surface area contributed by atoms with Crippen LogP contribution in [0.25, 0.3) is 11.0 Å². The summed E-state index contributed by atoms with van der Waals surface area (Å²) >= 11 is 6.00. The molecule has 4 heteroatoms. The molecule has 0 N–H and O–H groups in total. The van der Waals surface area contributed by atoms with Gasteiger partial charge >= 0.3 is 0 Å². The molecule has 1 aromatic carbocycles. The van der Waals surface area contributed by atoms with E-state index in [0.717, 1.165) is 35.7 Å². The molecule has 0 aliphatic heterocycles. The zero-order valence-corrected chi connectivity index (χ0v) is 12.8. The first kappa shape index (κ1) is 14.9. The third-order valence-electron chi connectivity index (χ3n) is 3.51. The van der Waals surface area contributed by atoms with E-state index in [1.54, 1.807) is 6.07 Å². The van der Waals surface area contributed by atoms with Crippen LogP contribution in [0, 0.1) is 17.2 Å². The molecule has 0 atom stereocenters. The number of alkyl halides is 1. The topological polar surface area (TPSA) is 41.6 Å². The van der Waals surface area contributed by atoms with Crippen LogP contribution in [-0.4, -0.2) is 9.55 Å². The number of nitriles is 1. The molecule has 0 saturated carbocycles. The lowest BCUT2D eigenvalue weighted by Crippen LogP contribution is -2.03. The van der Waals surface area contributed by atoms with Gasteiger partial charge in [0.1, 0.15) is 17.4 Å². The number of hydrogen-bond donors (Lipinski definition) is 0. The molecule has 106 valence electrons. The van der Waals surface area contributed by atoms with Crippen LogP contribution >= 0.6 is 11.6 Å². The number of hydrogen-bond acceptors (Lipinski definition) is 2. The molecule has 0 amide bonds. The van der Waals surface area contributed by atoms with Gasteiger partial charge < -0.3 is 4.57 Å². The fourth-order valence-electron chi connectivity index (χ4n) is 2.46. The Labute approximate surface area is 125 Å². The first-order valence-corrected chi connectivity index (χ1v) is 7.65. The van der Waals surface area contributed by atoms with Gasteiger partial charge in [-0.15, -0.1) is 11.6 Å². The molecule has 0 aliphatic rings. The lowest BCUT2D eigenvalue weighted by Gasteiger charge is -2.08. The van der Waals surface area contributed by atoms with Crippen LogP contribution in [0.5, 0.6) is 0 Å². The summed E-state index contributed by atoms with van der Waals surface area (Å²) in [6.45, 7) is 5.41. The molecular weight excluding hydrogens is 270 g/mol. The predicted molar refractivity (Wildman–Crippen MR) is 82.7 cm³/mol. The zero-order valence-electron chi connectivity index (χ0n) is 12.1. The van der Waals surface area contributed by atoms with Crippen LogP contribution in [0.15, 0.2) is 18.2 Å². The molecule has 1 aromatic heterocycles. The number of imidazole rings is 1. The SMILES string of the molecule is CC(C)CCCCn1c(CCl)nc2c(C#N)cccc21. The summed E-state index contributed by atoms with van der Waals surface area (Å²) in [5, 5.41) is 9.15. The Morgan fingerprint density at radius 3 is 2.80 bits per heavy atom. The number of nitrogens with zero attached hydrogens (tertiary/aromatic N) is 3. The van der Waals surface area contributed by atoms with Crippen LogP contribution in [0.3, 0.4) is 0 Å². The summed E-state index contributed by atoms with van der Waals surface area (Å²) in [4.78, 5) is 4.52. The van der Waals surface area contributed by atoms with E-state index in [9.17, 15) is 0 Å². The smallest absolute Gasteiger partial charge is 0.124 e. The molecular formula is C16H20ClN3. The fraction of sp³-hybridized carbons (Fsp3) is 0.500. The molecule has 0 saturated heterocycles. The van der Waals surface area contributed by atoms with Crippen molar-refractivity contribution in [2.24, 2.45) is 5.92 Å². The van der Waals surface area contributed by atoms with E-state index in [-0.39, 0.29) is 0 Å². The van der Waals surface area contributed by atoms with Crippen molar-refractivity contribution in [1.82, 2.24) is 9.55 Å². The normalized spacial score (nSPS) is 11.2. The van der Waals surface area contributed by atoms with Gasteiger partial charge in [0.25, 0.3) is 0 Å².